The molecule has 41 heavy (non-hydrogen) atoms. The lowest BCUT2D eigenvalue weighted by atomic mass is 9.88. The van der Waals surface area contributed by atoms with Gasteiger partial charge in [-0.05, 0) is 74.2 Å². The summed E-state index contributed by atoms with van der Waals surface area (Å²) in [6, 6.07) is 17.2. The first kappa shape index (κ1) is 26.3. The van der Waals surface area contributed by atoms with E-state index in [0.29, 0.717) is 41.8 Å². The molecule has 0 radical (unpaired) electrons. The standard InChI is InChI=1S/C31H31ClN4O5/c32-21-4-1-3-20(15-21)27-18-40-29-23(5-2-6-26(29)41-27)19-9-12-35(13-10-19)17-28-33-24-7-8-25(31(37)38)34-30(24)36(28)16-22-11-14-39-22/h1-8,15,19,22,27H,9-14,16-18H2,(H,37,38). The number of hydrogen-bond acceptors (Lipinski definition) is 7. The van der Waals surface area contributed by atoms with Gasteiger partial charge in [-0.15, -0.1) is 0 Å². The van der Waals surface area contributed by atoms with Gasteiger partial charge in [-0.25, -0.2) is 14.8 Å². The van der Waals surface area contributed by atoms with Crippen molar-refractivity contribution >= 4 is 28.7 Å². The Bertz CT molecular complexity index is 1590. The van der Waals surface area contributed by atoms with Gasteiger partial charge in [0.25, 0.3) is 0 Å². The molecule has 3 aliphatic heterocycles. The number of carboxylic acids is 1. The maximum absolute atomic E-state index is 11.6. The van der Waals surface area contributed by atoms with Crippen molar-refractivity contribution in [3.63, 3.8) is 0 Å². The summed E-state index contributed by atoms with van der Waals surface area (Å²) in [5, 5.41) is 10.1. The van der Waals surface area contributed by atoms with Crippen LogP contribution in [0.3, 0.4) is 0 Å². The summed E-state index contributed by atoms with van der Waals surface area (Å²) in [7, 11) is 0. The molecule has 2 aromatic heterocycles. The smallest absolute Gasteiger partial charge is 0.354 e. The van der Waals surface area contributed by atoms with Crippen LogP contribution in [0.4, 0.5) is 0 Å². The quantitative estimate of drug-likeness (QED) is 0.310. The first-order valence-corrected chi connectivity index (χ1v) is 14.5. The third kappa shape index (κ3) is 5.25. The second-order valence-electron chi connectivity index (χ2n) is 11.0. The molecule has 4 aromatic rings. The van der Waals surface area contributed by atoms with Gasteiger partial charge in [0, 0.05) is 17.2 Å². The SMILES string of the molecule is O=C(O)c1ccc2nc(CN3CCC(c4cccc5c4OCC(c4cccc(Cl)c4)O5)CC3)n(CC3CCO3)c2n1. The lowest BCUT2D eigenvalue weighted by molar-refractivity contribution is -0.0593. The van der Waals surface area contributed by atoms with Gasteiger partial charge in [0.05, 0.1) is 19.2 Å². The van der Waals surface area contributed by atoms with E-state index in [1.54, 1.807) is 6.07 Å². The molecule has 0 bridgehead atoms. The molecule has 3 aliphatic rings. The highest BCUT2D eigenvalue weighted by Gasteiger charge is 2.30. The summed E-state index contributed by atoms with van der Waals surface area (Å²) < 4.78 is 20.4. The number of para-hydroxylation sites is 1. The fourth-order valence-corrected chi connectivity index (χ4v) is 6.23. The van der Waals surface area contributed by atoms with Gasteiger partial charge in [-0.1, -0.05) is 35.9 Å². The molecule has 9 nitrogen and oxygen atoms in total. The van der Waals surface area contributed by atoms with Gasteiger partial charge in [-0.3, -0.25) is 4.90 Å². The molecule has 0 amide bonds. The maximum atomic E-state index is 11.6. The normalized spacial score (nSPS) is 21.1. The average molecular weight is 575 g/mol. The number of piperidine rings is 1. The van der Waals surface area contributed by atoms with E-state index in [-0.39, 0.29) is 17.9 Å². The summed E-state index contributed by atoms with van der Waals surface area (Å²) in [6.45, 7) is 4.33. The van der Waals surface area contributed by atoms with E-state index in [2.05, 4.69) is 16.0 Å². The van der Waals surface area contributed by atoms with Crippen LogP contribution in [0.2, 0.25) is 5.02 Å². The first-order valence-electron chi connectivity index (χ1n) is 14.1. The number of nitrogens with zero attached hydrogens (tertiary/aromatic N) is 4. The third-order valence-corrected chi connectivity index (χ3v) is 8.58. The number of carbonyl (C=O) groups is 1. The van der Waals surface area contributed by atoms with Crippen LogP contribution in [-0.4, -0.2) is 62.9 Å². The van der Waals surface area contributed by atoms with Crippen molar-refractivity contribution in [1.82, 2.24) is 19.4 Å². The second kappa shape index (κ2) is 11.0. The molecule has 2 atom stereocenters. The van der Waals surface area contributed by atoms with E-state index in [0.717, 1.165) is 61.8 Å². The fourth-order valence-electron chi connectivity index (χ4n) is 6.03. The average Bonchev–Trinajstić information content (AvgIpc) is 3.30. The zero-order valence-electron chi connectivity index (χ0n) is 22.5. The molecule has 2 unspecified atom stereocenters. The predicted molar refractivity (Wildman–Crippen MR) is 153 cm³/mol. The van der Waals surface area contributed by atoms with E-state index >= 15 is 0 Å². The minimum Gasteiger partial charge on any atom is -0.485 e. The van der Waals surface area contributed by atoms with Gasteiger partial charge in [0.15, 0.2) is 28.9 Å². The molecule has 0 spiro atoms. The molecule has 0 saturated carbocycles. The van der Waals surface area contributed by atoms with Crippen LogP contribution in [0, 0.1) is 0 Å². The van der Waals surface area contributed by atoms with Crippen LogP contribution < -0.4 is 9.47 Å². The molecule has 10 heteroatoms. The van der Waals surface area contributed by atoms with Gasteiger partial charge >= 0.3 is 5.97 Å². The van der Waals surface area contributed by atoms with Gasteiger partial charge in [-0.2, -0.15) is 0 Å². The Morgan fingerprint density at radius 1 is 1.05 bits per heavy atom. The van der Waals surface area contributed by atoms with Crippen LogP contribution in [0.1, 0.15) is 58.7 Å². The second-order valence-corrected chi connectivity index (χ2v) is 11.4. The first-order chi connectivity index (χ1) is 20.0. The molecular formula is C31H31ClN4O5. The van der Waals surface area contributed by atoms with Crippen molar-refractivity contribution in [1.29, 1.82) is 0 Å². The summed E-state index contributed by atoms with van der Waals surface area (Å²) in [5.41, 5.74) is 3.55. The highest BCUT2D eigenvalue weighted by molar-refractivity contribution is 6.30. The highest BCUT2D eigenvalue weighted by atomic mass is 35.5. The Labute approximate surface area is 242 Å². The number of halogens is 1. The number of pyridine rings is 1. The van der Waals surface area contributed by atoms with E-state index in [1.165, 1.54) is 11.6 Å². The zero-order chi connectivity index (χ0) is 27.9. The van der Waals surface area contributed by atoms with Crippen molar-refractivity contribution < 1.29 is 24.1 Å². The zero-order valence-corrected chi connectivity index (χ0v) is 23.3. The molecule has 0 aliphatic carbocycles. The van der Waals surface area contributed by atoms with Crippen molar-refractivity contribution in [3.8, 4) is 11.5 Å². The van der Waals surface area contributed by atoms with Crippen LogP contribution in [0.25, 0.3) is 11.2 Å². The number of aromatic nitrogens is 3. The van der Waals surface area contributed by atoms with Crippen LogP contribution in [0.5, 0.6) is 11.5 Å². The Hall–Kier alpha value is -3.66. The summed E-state index contributed by atoms with van der Waals surface area (Å²) in [5.74, 6) is 1.85. The van der Waals surface area contributed by atoms with Crippen molar-refractivity contribution in [2.75, 3.05) is 26.3 Å². The fraction of sp³-hybridized carbons (Fsp3) is 0.387. The van der Waals surface area contributed by atoms with Gasteiger partial charge in [0.2, 0.25) is 0 Å². The van der Waals surface area contributed by atoms with E-state index in [9.17, 15) is 9.90 Å². The summed E-state index contributed by atoms with van der Waals surface area (Å²) in [4.78, 5) is 23.2. The number of likely N-dealkylation sites (tertiary alicyclic amines) is 1. The number of carboxylic acid groups (broad SMARTS) is 1. The lowest BCUT2D eigenvalue weighted by Crippen LogP contribution is -2.35. The summed E-state index contributed by atoms with van der Waals surface area (Å²) in [6.07, 6.45) is 2.88. The minimum absolute atomic E-state index is 0.0248. The van der Waals surface area contributed by atoms with Crippen molar-refractivity contribution in [2.45, 2.75) is 50.5 Å². The molecule has 2 saturated heterocycles. The molecule has 7 rings (SSSR count). The maximum Gasteiger partial charge on any atom is 0.354 e. The van der Waals surface area contributed by atoms with Crippen LogP contribution >= 0.6 is 11.6 Å². The Balaban J connectivity index is 1.05. The molecule has 2 fully saturated rings. The van der Waals surface area contributed by atoms with E-state index in [4.69, 9.17) is 30.8 Å². The number of rotatable bonds is 7. The molecule has 5 heterocycles. The van der Waals surface area contributed by atoms with Crippen molar-refractivity contribution in [3.05, 3.63) is 82.3 Å². The van der Waals surface area contributed by atoms with E-state index < -0.39 is 5.97 Å². The van der Waals surface area contributed by atoms with Gasteiger partial charge < -0.3 is 23.9 Å². The molecule has 212 valence electrons. The van der Waals surface area contributed by atoms with Crippen LogP contribution in [0.15, 0.2) is 54.6 Å². The predicted octanol–water partition coefficient (Wildman–Crippen LogP) is 5.46. The number of benzene rings is 2. The highest BCUT2D eigenvalue weighted by Crippen LogP contribution is 2.44. The molecule has 2 aromatic carbocycles. The minimum atomic E-state index is -1.04. The number of ether oxygens (including phenoxy) is 3. The molecule has 1 N–H and O–H groups in total. The summed E-state index contributed by atoms with van der Waals surface area (Å²) >= 11 is 6.20. The third-order valence-electron chi connectivity index (χ3n) is 8.34. The van der Waals surface area contributed by atoms with E-state index in [1.807, 2.05) is 41.0 Å². The number of imidazole rings is 1. The largest absolute Gasteiger partial charge is 0.485 e. The number of fused-ring (bicyclic) bond motifs is 2. The number of hydrogen-bond donors (Lipinski definition) is 1. The van der Waals surface area contributed by atoms with Crippen LogP contribution in [-0.2, 0) is 17.8 Å². The topological polar surface area (TPSA) is 98.9 Å². The Morgan fingerprint density at radius 2 is 1.88 bits per heavy atom. The Kier molecular flexibility index (Phi) is 7.02. The monoisotopic (exact) mass is 574 g/mol. The number of aromatic carboxylic acids is 1. The lowest BCUT2D eigenvalue weighted by Gasteiger charge is -2.35. The Morgan fingerprint density at radius 3 is 2.63 bits per heavy atom. The van der Waals surface area contributed by atoms with Crippen molar-refractivity contribution in [2.24, 2.45) is 0 Å². The molecular weight excluding hydrogens is 544 g/mol. The van der Waals surface area contributed by atoms with Gasteiger partial charge in [0.1, 0.15) is 17.9 Å².